The lowest BCUT2D eigenvalue weighted by Gasteiger charge is -2.38. The summed E-state index contributed by atoms with van der Waals surface area (Å²) in [5, 5.41) is 9.01. The first kappa shape index (κ1) is 16.3. The summed E-state index contributed by atoms with van der Waals surface area (Å²) in [6.07, 6.45) is 0.914. The first-order chi connectivity index (χ1) is 9.23. The lowest BCUT2D eigenvalue weighted by molar-refractivity contribution is -0.143. The van der Waals surface area contributed by atoms with Crippen LogP contribution < -0.4 is 0 Å². The van der Waals surface area contributed by atoms with E-state index in [4.69, 9.17) is 5.11 Å². The summed E-state index contributed by atoms with van der Waals surface area (Å²) in [6.45, 7) is 2.28. The number of carboxylic acid groups (broad SMARTS) is 1. The van der Waals surface area contributed by atoms with E-state index >= 15 is 0 Å². The van der Waals surface area contributed by atoms with Crippen molar-refractivity contribution in [2.45, 2.75) is 25.8 Å². The number of hydrogen-bond donors (Lipinski definition) is 1. The molecule has 0 aromatic rings. The highest BCUT2D eigenvalue weighted by atomic mass is 16.4. The minimum absolute atomic E-state index is 0.0252. The Morgan fingerprint density at radius 2 is 1.85 bits per heavy atom. The van der Waals surface area contributed by atoms with E-state index in [0.717, 1.165) is 0 Å². The summed E-state index contributed by atoms with van der Waals surface area (Å²) in [7, 11) is 4.86. The fraction of sp³-hybridized carbons (Fsp3) is 0.769. The quantitative estimate of drug-likeness (QED) is 0.809. The first-order valence-corrected chi connectivity index (χ1v) is 6.68. The van der Waals surface area contributed by atoms with Crippen LogP contribution in [0.1, 0.15) is 19.8 Å². The van der Waals surface area contributed by atoms with Gasteiger partial charge in [-0.1, -0.05) is 0 Å². The molecule has 2 unspecified atom stereocenters. The Bertz CT molecular complexity index is 397. The lowest BCUT2D eigenvalue weighted by atomic mass is 9.92. The van der Waals surface area contributed by atoms with E-state index < -0.39 is 5.97 Å². The molecule has 7 nitrogen and oxygen atoms in total. The standard InChI is InChI=1S/C13H23N3O4/c1-9-7-10(12(18)19)5-6-16(9)13(20)15(4)8-11(17)14(2)3/h9-10H,5-8H2,1-4H3,(H,18,19). The minimum Gasteiger partial charge on any atom is -0.481 e. The second-order valence-electron chi connectivity index (χ2n) is 5.53. The van der Waals surface area contributed by atoms with Crippen LogP contribution in [0.2, 0.25) is 0 Å². The largest absolute Gasteiger partial charge is 0.481 e. The van der Waals surface area contributed by atoms with E-state index in [-0.39, 0.29) is 30.4 Å². The van der Waals surface area contributed by atoms with E-state index in [9.17, 15) is 14.4 Å². The number of carbonyl (C=O) groups is 3. The molecule has 1 fully saturated rings. The van der Waals surface area contributed by atoms with Crippen molar-refractivity contribution in [3.8, 4) is 0 Å². The van der Waals surface area contributed by atoms with Crippen LogP contribution in [0.4, 0.5) is 4.79 Å². The monoisotopic (exact) mass is 285 g/mol. The number of hydrogen-bond acceptors (Lipinski definition) is 3. The maximum atomic E-state index is 12.3. The summed E-state index contributed by atoms with van der Waals surface area (Å²) in [5.74, 6) is -1.34. The van der Waals surface area contributed by atoms with Crippen molar-refractivity contribution in [1.29, 1.82) is 0 Å². The van der Waals surface area contributed by atoms with Gasteiger partial charge in [0.2, 0.25) is 5.91 Å². The van der Waals surface area contributed by atoms with Gasteiger partial charge in [-0.15, -0.1) is 0 Å². The van der Waals surface area contributed by atoms with Crippen LogP contribution >= 0.6 is 0 Å². The van der Waals surface area contributed by atoms with Crippen LogP contribution in [0.3, 0.4) is 0 Å². The molecule has 3 amide bonds. The normalized spacial score (nSPS) is 22.3. The molecule has 114 valence electrons. The van der Waals surface area contributed by atoms with Gasteiger partial charge in [-0.25, -0.2) is 4.79 Å². The second-order valence-corrected chi connectivity index (χ2v) is 5.53. The third kappa shape index (κ3) is 3.85. The van der Waals surface area contributed by atoms with Gasteiger partial charge in [0, 0.05) is 33.7 Å². The summed E-state index contributed by atoms with van der Waals surface area (Å²) in [5.41, 5.74) is 0. The molecule has 0 aliphatic carbocycles. The molecule has 1 saturated heterocycles. The van der Waals surface area contributed by atoms with E-state index in [1.54, 1.807) is 26.0 Å². The molecule has 1 aliphatic rings. The van der Waals surface area contributed by atoms with Crippen LogP contribution in [0.5, 0.6) is 0 Å². The molecule has 7 heteroatoms. The van der Waals surface area contributed by atoms with Crippen LogP contribution in [0, 0.1) is 5.92 Å². The maximum absolute atomic E-state index is 12.3. The molecule has 1 heterocycles. The highest BCUT2D eigenvalue weighted by Gasteiger charge is 2.33. The summed E-state index contributed by atoms with van der Waals surface area (Å²) < 4.78 is 0. The molecule has 1 N–H and O–H groups in total. The molecule has 0 bridgehead atoms. The molecular formula is C13H23N3O4. The molecule has 2 atom stereocenters. The Labute approximate surface area is 119 Å². The number of carbonyl (C=O) groups excluding carboxylic acids is 2. The Kier molecular flexibility index (Phi) is 5.35. The average molecular weight is 285 g/mol. The molecule has 1 rings (SSSR count). The number of piperidine rings is 1. The van der Waals surface area contributed by atoms with Gasteiger partial charge < -0.3 is 19.8 Å². The third-order valence-electron chi connectivity index (χ3n) is 3.67. The topological polar surface area (TPSA) is 81.2 Å². The van der Waals surface area contributed by atoms with Gasteiger partial charge >= 0.3 is 12.0 Å². The molecule has 0 aromatic carbocycles. The highest BCUT2D eigenvalue weighted by molar-refractivity contribution is 5.84. The van der Waals surface area contributed by atoms with Crippen molar-refractivity contribution >= 4 is 17.9 Å². The molecule has 20 heavy (non-hydrogen) atoms. The van der Waals surface area contributed by atoms with Gasteiger partial charge in [0.1, 0.15) is 6.54 Å². The van der Waals surface area contributed by atoms with E-state index in [0.29, 0.717) is 19.4 Å². The number of urea groups is 1. The van der Waals surface area contributed by atoms with Crippen molar-refractivity contribution in [2.24, 2.45) is 5.92 Å². The van der Waals surface area contributed by atoms with E-state index in [1.807, 2.05) is 6.92 Å². The maximum Gasteiger partial charge on any atom is 0.320 e. The molecule has 0 spiro atoms. The summed E-state index contributed by atoms with van der Waals surface area (Å²) in [4.78, 5) is 39.3. The van der Waals surface area contributed by atoms with Crippen LogP contribution in [0.15, 0.2) is 0 Å². The van der Waals surface area contributed by atoms with Crippen molar-refractivity contribution in [1.82, 2.24) is 14.7 Å². The Morgan fingerprint density at radius 3 is 2.30 bits per heavy atom. The highest BCUT2D eigenvalue weighted by Crippen LogP contribution is 2.23. The molecule has 0 aromatic heterocycles. The zero-order valence-corrected chi connectivity index (χ0v) is 12.5. The van der Waals surface area contributed by atoms with Gasteiger partial charge in [0.15, 0.2) is 0 Å². The average Bonchev–Trinajstić information content (AvgIpc) is 2.37. The van der Waals surface area contributed by atoms with E-state index in [1.165, 1.54) is 9.80 Å². The molecule has 1 aliphatic heterocycles. The molecular weight excluding hydrogens is 262 g/mol. The van der Waals surface area contributed by atoms with Gasteiger partial charge in [-0.05, 0) is 19.8 Å². The van der Waals surface area contributed by atoms with Crippen LogP contribution in [0.25, 0.3) is 0 Å². The lowest BCUT2D eigenvalue weighted by Crippen LogP contribution is -2.52. The summed E-state index contributed by atoms with van der Waals surface area (Å²) >= 11 is 0. The predicted octanol–water partition coefficient (Wildman–Crippen LogP) is 0.312. The summed E-state index contributed by atoms with van der Waals surface area (Å²) in [6, 6.07) is -0.356. The fourth-order valence-electron chi connectivity index (χ4n) is 2.31. The smallest absolute Gasteiger partial charge is 0.320 e. The zero-order valence-electron chi connectivity index (χ0n) is 12.5. The first-order valence-electron chi connectivity index (χ1n) is 6.68. The minimum atomic E-state index is -0.805. The molecule has 0 saturated carbocycles. The Morgan fingerprint density at radius 1 is 1.25 bits per heavy atom. The Balaban J connectivity index is 2.60. The van der Waals surface area contributed by atoms with Gasteiger partial charge in [0.25, 0.3) is 0 Å². The van der Waals surface area contributed by atoms with Crippen molar-refractivity contribution in [2.75, 3.05) is 34.2 Å². The van der Waals surface area contributed by atoms with Gasteiger partial charge in [0.05, 0.1) is 5.92 Å². The van der Waals surface area contributed by atoms with E-state index in [2.05, 4.69) is 0 Å². The molecule has 0 radical (unpaired) electrons. The fourth-order valence-corrected chi connectivity index (χ4v) is 2.31. The number of rotatable bonds is 3. The Hall–Kier alpha value is -1.79. The number of carboxylic acids is 1. The third-order valence-corrected chi connectivity index (χ3v) is 3.67. The van der Waals surface area contributed by atoms with Gasteiger partial charge in [-0.3, -0.25) is 9.59 Å². The SMILES string of the molecule is CC1CC(C(=O)O)CCN1C(=O)N(C)CC(=O)N(C)C. The van der Waals surface area contributed by atoms with Gasteiger partial charge in [-0.2, -0.15) is 0 Å². The van der Waals surface area contributed by atoms with Crippen LogP contribution in [-0.4, -0.2) is 78.0 Å². The van der Waals surface area contributed by atoms with Crippen molar-refractivity contribution in [3.63, 3.8) is 0 Å². The number of aliphatic carboxylic acids is 1. The number of nitrogens with zero attached hydrogens (tertiary/aromatic N) is 3. The predicted molar refractivity (Wildman–Crippen MR) is 73.2 cm³/mol. The number of amides is 3. The zero-order chi connectivity index (χ0) is 15.4. The van der Waals surface area contributed by atoms with Crippen LogP contribution in [-0.2, 0) is 9.59 Å². The van der Waals surface area contributed by atoms with Crippen molar-refractivity contribution in [3.05, 3.63) is 0 Å². The van der Waals surface area contributed by atoms with Crippen molar-refractivity contribution < 1.29 is 19.5 Å². The number of likely N-dealkylation sites (tertiary alicyclic amines) is 1. The number of likely N-dealkylation sites (N-methyl/N-ethyl adjacent to an activating group) is 2. The second kappa shape index (κ2) is 6.58.